The van der Waals surface area contributed by atoms with Crippen LogP contribution in [0.15, 0.2) is 101 Å². The first kappa shape index (κ1) is 25.7. The molecule has 0 aliphatic rings. The van der Waals surface area contributed by atoms with Gasteiger partial charge in [0, 0.05) is 21.7 Å². The molecule has 0 fully saturated rings. The first-order chi connectivity index (χ1) is 18.4. The summed E-state index contributed by atoms with van der Waals surface area (Å²) in [5, 5.41) is 15.9. The Balaban J connectivity index is 1.54. The summed E-state index contributed by atoms with van der Waals surface area (Å²) in [5.74, 6) is -0.382. The number of anilines is 1. The molecule has 0 spiro atoms. The number of benzene rings is 4. The van der Waals surface area contributed by atoms with Crippen LogP contribution in [0.5, 0.6) is 0 Å². The van der Waals surface area contributed by atoms with Gasteiger partial charge in [-0.25, -0.2) is 4.98 Å². The summed E-state index contributed by atoms with van der Waals surface area (Å²) >= 11 is 8.69. The third-order valence-electron chi connectivity index (χ3n) is 5.61. The molecular weight excluding hydrogens is 538 g/mol. The number of thiazole rings is 1. The van der Waals surface area contributed by atoms with Crippen molar-refractivity contribution in [3.05, 3.63) is 122 Å². The Hall–Kier alpha value is -3.98. The van der Waals surface area contributed by atoms with Crippen LogP contribution in [0, 0.1) is 17.0 Å². The SMILES string of the molecule is Cc1ccc(Sc2ccc(/C=C(/C(=O)Nc3ccc(Cl)cc3)c3nc4ccccc4s3)cc2[N+](=O)[O-])cc1. The normalized spacial score (nSPS) is 11.5. The van der Waals surface area contributed by atoms with Crippen LogP contribution in [0.2, 0.25) is 5.02 Å². The lowest BCUT2D eigenvalue weighted by atomic mass is 10.1. The molecule has 5 aromatic rings. The van der Waals surface area contributed by atoms with Gasteiger partial charge in [0.15, 0.2) is 0 Å². The van der Waals surface area contributed by atoms with E-state index in [1.54, 1.807) is 42.5 Å². The summed E-state index contributed by atoms with van der Waals surface area (Å²) in [6, 6.07) is 27.2. The van der Waals surface area contributed by atoms with E-state index in [9.17, 15) is 14.9 Å². The molecule has 0 atom stereocenters. The summed E-state index contributed by atoms with van der Waals surface area (Å²) in [7, 11) is 0. The minimum atomic E-state index is -0.404. The van der Waals surface area contributed by atoms with Gasteiger partial charge in [0.2, 0.25) is 0 Å². The highest BCUT2D eigenvalue weighted by molar-refractivity contribution is 7.99. The Morgan fingerprint density at radius 3 is 2.47 bits per heavy atom. The summed E-state index contributed by atoms with van der Waals surface area (Å²) in [5.41, 5.74) is 3.24. The second kappa shape index (κ2) is 11.2. The van der Waals surface area contributed by atoms with Crippen molar-refractivity contribution < 1.29 is 9.72 Å². The standard InChI is InChI=1S/C29H20ClN3O3S2/c1-18-6-13-22(14-7-18)37-27-15-8-19(17-25(27)33(35)36)16-23(28(34)31-21-11-9-20(30)10-12-21)29-32-24-4-2-3-5-26(24)38-29/h2-17H,1H3,(H,31,34)/b23-16-. The Morgan fingerprint density at radius 1 is 1.03 bits per heavy atom. The maximum atomic E-state index is 13.4. The molecule has 0 unspecified atom stereocenters. The Bertz CT molecular complexity index is 1650. The maximum Gasteiger partial charge on any atom is 0.283 e. The molecule has 1 heterocycles. The van der Waals surface area contributed by atoms with Crippen LogP contribution < -0.4 is 5.32 Å². The number of nitrogens with one attached hydrogen (secondary N) is 1. The Labute approximate surface area is 232 Å². The lowest BCUT2D eigenvalue weighted by Crippen LogP contribution is -2.13. The van der Waals surface area contributed by atoms with Crippen molar-refractivity contribution in [3.8, 4) is 0 Å². The number of rotatable bonds is 7. The number of nitro groups is 1. The predicted octanol–water partition coefficient (Wildman–Crippen LogP) is 8.50. The van der Waals surface area contributed by atoms with E-state index in [2.05, 4.69) is 10.3 Å². The molecule has 0 saturated carbocycles. The summed E-state index contributed by atoms with van der Waals surface area (Å²) in [4.78, 5) is 31.1. The lowest BCUT2D eigenvalue weighted by molar-refractivity contribution is -0.387. The molecule has 9 heteroatoms. The van der Waals surface area contributed by atoms with E-state index < -0.39 is 4.92 Å². The van der Waals surface area contributed by atoms with Crippen molar-refractivity contribution in [1.82, 2.24) is 4.98 Å². The number of carbonyl (C=O) groups is 1. The third-order valence-corrected chi connectivity index (χ3v) is 8.01. The molecule has 0 aliphatic heterocycles. The molecule has 0 bridgehead atoms. The molecule has 38 heavy (non-hydrogen) atoms. The van der Waals surface area contributed by atoms with Crippen LogP contribution in [-0.4, -0.2) is 15.8 Å². The molecule has 1 N–H and O–H groups in total. The molecular formula is C29H20ClN3O3S2. The van der Waals surface area contributed by atoms with Gasteiger partial charge in [0.25, 0.3) is 11.6 Å². The van der Waals surface area contributed by atoms with Gasteiger partial charge in [-0.1, -0.05) is 59.3 Å². The van der Waals surface area contributed by atoms with Crippen LogP contribution in [0.1, 0.15) is 16.1 Å². The minimum Gasteiger partial charge on any atom is -0.322 e. The van der Waals surface area contributed by atoms with E-state index in [0.717, 1.165) is 20.7 Å². The van der Waals surface area contributed by atoms with E-state index in [1.165, 1.54) is 29.2 Å². The van der Waals surface area contributed by atoms with Crippen molar-refractivity contribution in [2.45, 2.75) is 16.7 Å². The Morgan fingerprint density at radius 2 is 1.76 bits per heavy atom. The first-order valence-corrected chi connectivity index (χ1v) is 13.5. The summed E-state index contributed by atoms with van der Waals surface area (Å²) in [6.07, 6.45) is 1.64. The van der Waals surface area contributed by atoms with Gasteiger partial charge < -0.3 is 5.32 Å². The number of hydrogen-bond donors (Lipinski definition) is 1. The van der Waals surface area contributed by atoms with Crippen molar-refractivity contribution in [2.75, 3.05) is 5.32 Å². The van der Waals surface area contributed by atoms with Gasteiger partial charge in [-0.2, -0.15) is 0 Å². The first-order valence-electron chi connectivity index (χ1n) is 11.5. The van der Waals surface area contributed by atoms with Crippen LogP contribution >= 0.6 is 34.7 Å². The topological polar surface area (TPSA) is 85.1 Å². The van der Waals surface area contributed by atoms with E-state index in [4.69, 9.17) is 11.6 Å². The zero-order valence-corrected chi connectivity index (χ0v) is 22.4. The number of amides is 1. The van der Waals surface area contributed by atoms with Crippen LogP contribution in [0.25, 0.3) is 21.9 Å². The molecule has 188 valence electrons. The molecule has 1 amide bonds. The molecule has 6 nitrogen and oxygen atoms in total. The molecule has 5 rings (SSSR count). The lowest BCUT2D eigenvalue weighted by Gasteiger charge is -2.09. The zero-order chi connectivity index (χ0) is 26.6. The highest BCUT2D eigenvalue weighted by Crippen LogP contribution is 2.37. The van der Waals surface area contributed by atoms with Crippen LogP contribution in [-0.2, 0) is 4.79 Å². The van der Waals surface area contributed by atoms with E-state index >= 15 is 0 Å². The minimum absolute atomic E-state index is 0.0360. The zero-order valence-electron chi connectivity index (χ0n) is 20.1. The highest BCUT2D eigenvalue weighted by atomic mass is 35.5. The Kier molecular flexibility index (Phi) is 7.55. The number of aryl methyl sites for hydroxylation is 1. The van der Waals surface area contributed by atoms with Gasteiger partial charge >= 0.3 is 0 Å². The van der Waals surface area contributed by atoms with Gasteiger partial charge in [-0.05, 0) is 73.2 Å². The number of hydrogen-bond acceptors (Lipinski definition) is 6. The van der Waals surface area contributed by atoms with Crippen molar-refractivity contribution in [2.24, 2.45) is 0 Å². The van der Waals surface area contributed by atoms with Crippen molar-refractivity contribution in [3.63, 3.8) is 0 Å². The smallest absolute Gasteiger partial charge is 0.283 e. The average Bonchev–Trinajstić information content (AvgIpc) is 3.34. The van der Waals surface area contributed by atoms with Crippen molar-refractivity contribution in [1.29, 1.82) is 0 Å². The number of para-hydroxylation sites is 1. The number of fused-ring (bicyclic) bond motifs is 1. The second-order valence-electron chi connectivity index (χ2n) is 8.41. The van der Waals surface area contributed by atoms with E-state index in [0.29, 0.717) is 31.7 Å². The number of nitrogens with zero attached hydrogens (tertiary/aromatic N) is 2. The molecule has 0 saturated heterocycles. The van der Waals surface area contributed by atoms with Gasteiger partial charge in [0.05, 0.1) is 25.6 Å². The maximum absolute atomic E-state index is 13.4. The molecule has 0 aliphatic carbocycles. The van der Waals surface area contributed by atoms with Gasteiger partial charge in [-0.3, -0.25) is 14.9 Å². The summed E-state index contributed by atoms with van der Waals surface area (Å²) < 4.78 is 0.934. The number of aromatic nitrogens is 1. The third kappa shape index (κ3) is 5.94. The predicted molar refractivity (Wildman–Crippen MR) is 156 cm³/mol. The van der Waals surface area contributed by atoms with Gasteiger partial charge in [0.1, 0.15) is 5.01 Å². The monoisotopic (exact) mass is 557 g/mol. The summed E-state index contributed by atoms with van der Waals surface area (Å²) in [6.45, 7) is 1.99. The second-order valence-corrected chi connectivity index (χ2v) is 11.0. The number of nitro benzene ring substituents is 1. The molecule has 0 radical (unpaired) electrons. The fourth-order valence-electron chi connectivity index (χ4n) is 3.70. The quantitative estimate of drug-likeness (QED) is 0.123. The molecule has 1 aromatic heterocycles. The molecule has 4 aromatic carbocycles. The number of carbonyl (C=O) groups excluding carboxylic acids is 1. The van der Waals surface area contributed by atoms with Crippen LogP contribution in [0.3, 0.4) is 0 Å². The highest BCUT2D eigenvalue weighted by Gasteiger charge is 2.20. The van der Waals surface area contributed by atoms with Crippen LogP contribution in [0.4, 0.5) is 11.4 Å². The fraction of sp³-hybridized carbons (Fsp3) is 0.0345. The van der Waals surface area contributed by atoms with E-state index in [-0.39, 0.29) is 11.6 Å². The van der Waals surface area contributed by atoms with Gasteiger partial charge in [-0.15, -0.1) is 11.3 Å². The largest absolute Gasteiger partial charge is 0.322 e. The average molecular weight is 558 g/mol. The van der Waals surface area contributed by atoms with E-state index in [1.807, 2.05) is 55.5 Å². The van der Waals surface area contributed by atoms with Crippen molar-refractivity contribution >= 4 is 73.8 Å². The number of halogens is 1. The fourth-order valence-corrected chi connectivity index (χ4v) is 5.70.